The Balaban J connectivity index is 1.67. The quantitative estimate of drug-likeness (QED) is 0.651. The summed E-state index contributed by atoms with van der Waals surface area (Å²) < 4.78 is 18.2. The monoisotopic (exact) mass is 382 g/mol. The Bertz CT molecular complexity index is 942. The molecule has 1 N–H and O–H groups in total. The number of hydrogen-bond acceptors (Lipinski definition) is 4. The predicted octanol–water partition coefficient (Wildman–Crippen LogP) is 3.15. The number of rotatable bonds is 4. The van der Waals surface area contributed by atoms with Gasteiger partial charge in [-0.05, 0) is 42.8 Å². The highest BCUT2D eigenvalue weighted by molar-refractivity contribution is 6.05. The summed E-state index contributed by atoms with van der Waals surface area (Å²) in [5, 5.41) is 2.76. The Kier molecular flexibility index (Phi) is 5.84. The summed E-state index contributed by atoms with van der Waals surface area (Å²) >= 11 is 0. The Labute approximate surface area is 161 Å². The van der Waals surface area contributed by atoms with E-state index in [0.717, 1.165) is 6.08 Å². The van der Waals surface area contributed by atoms with E-state index in [1.54, 1.807) is 37.3 Å². The van der Waals surface area contributed by atoms with Gasteiger partial charge in [0.25, 0.3) is 5.91 Å². The van der Waals surface area contributed by atoms with Crippen LogP contribution in [-0.2, 0) is 19.1 Å². The van der Waals surface area contributed by atoms with Crippen LogP contribution >= 0.6 is 0 Å². The SMILES string of the molecule is CC1CC(=O)Nc2ccccc2N1C(=O)COC(=O)/C=C/c1cccc(F)c1. The van der Waals surface area contributed by atoms with Gasteiger partial charge in [-0.2, -0.15) is 0 Å². The lowest BCUT2D eigenvalue weighted by Gasteiger charge is -2.27. The summed E-state index contributed by atoms with van der Waals surface area (Å²) in [6, 6.07) is 12.3. The Hall–Kier alpha value is -3.48. The lowest BCUT2D eigenvalue weighted by molar-refractivity contribution is -0.143. The van der Waals surface area contributed by atoms with E-state index >= 15 is 0 Å². The van der Waals surface area contributed by atoms with Gasteiger partial charge in [0.2, 0.25) is 5.91 Å². The van der Waals surface area contributed by atoms with Crippen LogP contribution in [0.2, 0.25) is 0 Å². The highest BCUT2D eigenvalue weighted by atomic mass is 19.1. The van der Waals surface area contributed by atoms with Gasteiger partial charge in [-0.25, -0.2) is 9.18 Å². The molecule has 28 heavy (non-hydrogen) atoms. The number of nitrogens with zero attached hydrogens (tertiary/aromatic N) is 1. The molecule has 1 atom stereocenters. The smallest absolute Gasteiger partial charge is 0.331 e. The van der Waals surface area contributed by atoms with Gasteiger partial charge in [-0.15, -0.1) is 0 Å². The summed E-state index contributed by atoms with van der Waals surface area (Å²) in [5.41, 5.74) is 1.59. The van der Waals surface area contributed by atoms with Crippen molar-refractivity contribution in [2.24, 2.45) is 0 Å². The summed E-state index contributed by atoms with van der Waals surface area (Å²) in [6.07, 6.45) is 2.67. The van der Waals surface area contributed by atoms with E-state index in [2.05, 4.69) is 5.32 Å². The van der Waals surface area contributed by atoms with Crippen LogP contribution in [0.4, 0.5) is 15.8 Å². The molecule has 0 aromatic heterocycles. The molecule has 2 amide bonds. The molecule has 1 aliphatic heterocycles. The molecule has 3 rings (SSSR count). The van der Waals surface area contributed by atoms with Gasteiger partial charge < -0.3 is 15.0 Å². The molecule has 1 heterocycles. The van der Waals surface area contributed by atoms with Crippen LogP contribution in [0.25, 0.3) is 6.08 Å². The minimum atomic E-state index is -0.720. The van der Waals surface area contributed by atoms with Crippen molar-refractivity contribution in [1.29, 1.82) is 0 Å². The molecule has 2 aromatic carbocycles. The summed E-state index contributed by atoms with van der Waals surface area (Å²) in [7, 11) is 0. The molecule has 0 fully saturated rings. The van der Waals surface area contributed by atoms with Crippen molar-refractivity contribution in [1.82, 2.24) is 0 Å². The lowest BCUT2D eigenvalue weighted by atomic mass is 10.1. The molecule has 0 bridgehead atoms. The van der Waals surface area contributed by atoms with Gasteiger partial charge in [-0.1, -0.05) is 24.3 Å². The van der Waals surface area contributed by atoms with Crippen molar-refractivity contribution in [2.75, 3.05) is 16.8 Å². The van der Waals surface area contributed by atoms with Gasteiger partial charge in [0, 0.05) is 18.5 Å². The van der Waals surface area contributed by atoms with E-state index in [9.17, 15) is 18.8 Å². The maximum absolute atomic E-state index is 13.1. The van der Waals surface area contributed by atoms with Gasteiger partial charge in [0.05, 0.1) is 11.4 Å². The largest absolute Gasteiger partial charge is 0.452 e. The number of anilines is 2. The van der Waals surface area contributed by atoms with E-state index in [1.807, 2.05) is 0 Å². The average molecular weight is 382 g/mol. The van der Waals surface area contributed by atoms with Crippen molar-refractivity contribution in [3.8, 4) is 0 Å². The van der Waals surface area contributed by atoms with Crippen LogP contribution in [0, 0.1) is 5.82 Å². The fourth-order valence-corrected chi connectivity index (χ4v) is 2.99. The van der Waals surface area contributed by atoms with E-state index in [4.69, 9.17) is 4.74 Å². The number of ether oxygens (including phenoxy) is 1. The first-order valence-electron chi connectivity index (χ1n) is 8.75. The highest BCUT2D eigenvalue weighted by Gasteiger charge is 2.29. The predicted molar refractivity (Wildman–Crippen MR) is 103 cm³/mol. The summed E-state index contributed by atoms with van der Waals surface area (Å²) in [4.78, 5) is 38.0. The first-order chi connectivity index (χ1) is 13.4. The van der Waals surface area contributed by atoms with E-state index in [-0.39, 0.29) is 12.3 Å². The number of carbonyl (C=O) groups excluding carboxylic acids is 3. The molecule has 2 aromatic rings. The molecule has 1 aliphatic rings. The number of para-hydroxylation sites is 2. The Morgan fingerprint density at radius 1 is 1.25 bits per heavy atom. The average Bonchev–Trinajstić information content (AvgIpc) is 2.78. The number of benzene rings is 2. The molecule has 0 saturated heterocycles. The van der Waals surface area contributed by atoms with E-state index in [0.29, 0.717) is 16.9 Å². The zero-order chi connectivity index (χ0) is 20.1. The van der Waals surface area contributed by atoms with Crippen LogP contribution in [0.5, 0.6) is 0 Å². The Morgan fingerprint density at radius 2 is 2.04 bits per heavy atom. The zero-order valence-corrected chi connectivity index (χ0v) is 15.2. The van der Waals surface area contributed by atoms with Crippen LogP contribution in [0.15, 0.2) is 54.6 Å². The number of fused-ring (bicyclic) bond motifs is 1. The standard InChI is InChI=1S/C21H19FN2O4/c1-14-11-19(25)23-17-7-2-3-8-18(17)24(14)20(26)13-28-21(27)10-9-15-5-4-6-16(22)12-15/h2-10,12,14H,11,13H2,1H3,(H,23,25)/b10-9+. The molecule has 6 nitrogen and oxygen atoms in total. The molecule has 0 aliphatic carbocycles. The minimum Gasteiger partial charge on any atom is -0.452 e. The second-order valence-corrected chi connectivity index (χ2v) is 6.38. The van der Waals surface area contributed by atoms with E-state index < -0.39 is 30.3 Å². The fraction of sp³-hybridized carbons (Fsp3) is 0.190. The maximum Gasteiger partial charge on any atom is 0.331 e. The van der Waals surface area contributed by atoms with Crippen LogP contribution < -0.4 is 10.2 Å². The van der Waals surface area contributed by atoms with Crippen molar-refractivity contribution in [3.05, 3.63) is 66.0 Å². The van der Waals surface area contributed by atoms with Crippen LogP contribution in [-0.4, -0.2) is 30.4 Å². The molecular weight excluding hydrogens is 363 g/mol. The second kappa shape index (κ2) is 8.47. The molecule has 1 unspecified atom stereocenters. The molecule has 0 spiro atoms. The van der Waals surface area contributed by atoms with E-state index in [1.165, 1.54) is 29.2 Å². The lowest BCUT2D eigenvalue weighted by Crippen LogP contribution is -2.41. The number of amides is 2. The first kappa shape index (κ1) is 19.3. The summed E-state index contributed by atoms with van der Waals surface area (Å²) in [6.45, 7) is 1.28. The number of esters is 1. The van der Waals surface area contributed by atoms with Crippen LogP contribution in [0.1, 0.15) is 18.9 Å². The number of carbonyl (C=O) groups is 3. The molecule has 0 saturated carbocycles. The van der Waals surface area contributed by atoms with Crippen molar-refractivity contribution < 1.29 is 23.5 Å². The topological polar surface area (TPSA) is 75.7 Å². The van der Waals surface area contributed by atoms with Gasteiger partial charge in [-0.3, -0.25) is 9.59 Å². The number of hydrogen-bond donors (Lipinski definition) is 1. The molecule has 7 heteroatoms. The van der Waals surface area contributed by atoms with Crippen LogP contribution in [0.3, 0.4) is 0 Å². The third kappa shape index (κ3) is 4.62. The molecule has 144 valence electrons. The molecular formula is C21H19FN2O4. The van der Waals surface area contributed by atoms with Crippen molar-refractivity contribution >= 4 is 35.2 Å². The van der Waals surface area contributed by atoms with Gasteiger partial charge in [0.15, 0.2) is 6.61 Å². The third-order valence-electron chi connectivity index (χ3n) is 4.23. The minimum absolute atomic E-state index is 0.133. The Morgan fingerprint density at radius 3 is 2.82 bits per heavy atom. The number of halogens is 1. The number of nitrogens with one attached hydrogen (secondary N) is 1. The maximum atomic E-state index is 13.1. The normalized spacial score (nSPS) is 16.3. The zero-order valence-electron chi connectivity index (χ0n) is 15.2. The third-order valence-corrected chi connectivity index (χ3v) is 4.23. The summed E-state index contributed by atoms with van der Waals surface area (Å²) in [5.74, 6) is -1.76. The first-order valence-corrected chi connectivity index (χ1v) is 8.75. The second-order valence-electron chi connectivity index (χ2n) is 6.38. The fourth-order valence-electron chi connectivity index (χ4n) is 2.99. The van der Waals surface area contributed by atoms with Crippen molar-refractivity contribution in [2.45, 2.75) is 19.4 Å². The highest BCUT2D eigenvalue weighted by Crippen LogP contribution is 2.31. The van der Waals surface area contributed by atoms with Gasteiger partial charge in [0.1, 0.15) is 5.82 Å². The van der Waals surface area contributed by atoms with Gasteiger partial charge >= 0.3 is 5.97 Å². The molecule has 0 radical (unpaired) electrons. The van der Waals surface area contributed by atoms with Crippen molar-refractivity contribution in [3.63, 3.8) is 0 Å².